The Morgan fingerprint density at radius 2 is 1.78 bits per heavy atom. The standard InChI is InChI=1S/C16H23FO/c1-13-4-6-14(7-5-13)3-2-12-18-16-10-8-15(17)9-11-16/h8-11,13-14H,2-7,12H2,1H3. The van der Waals surface area contributed by atoms with E-state index >= 15 is 0 Å². The van der Waals surface area contributed by atoms with Crippen LogP contribution in [0.25, 0.3) is 0 Å². The van der Waals surface area contributed by atoms with Gasteiger partial charge in [0.25, 0.3) is 0 Å². The lowest BCUT2D eigenvalue weighted by Gasteiger charge is -2.25. The highest BCUT2D eigenvalue weighted by atomic mass is 19.1. The van der Waals surface area contributed by atoms with E-state index in [-0.39, 0.29) is 5.82 Å². The Kier molecular flexibility index (Phi) is 5.03. The molecule has 0 unspecified atom stereocenters. The van der Waals surface area contributed by atoms with Crippen molar-refractivity contribution in [3.63, 3.8) is 0 Å². The SMILES string of the molecule is CC1CCC(CCCOc2ccc(F)cc2)CC1. The molecule has 2 rings (SSSR count). The van der Waals surface area contributed by atoms with Crippen molar-refractivity contribution >= 4 is 0 Å². The van der Waals surface area contributed by atoms with Crippen molar-refractivity contribution in [3.8, 4) is 5.75 Å². The van der Waals surface area contributed by atoms with Gasteiger partial charge in [0.05, 0.1) is 6.61 Å². The third-order valence-corrected chi connectivity index (χ3v) is 3.97. The van der Waals surface area contributed by atoms with E-state index in [1.807, 2.05) is 0 Å². The predicted molar refractivity (Wildman–Crippen MR) is 72.3 cm³/mol. The van der Waals surface area contributed by atoms with Gasteiger partial charge in [-0.1, -0.05) is 32.6 Å². The lowest BCUT2D eigenvalue weighted by Crippen LogP contribution is -2.13. The van der Waals surface area contributed by atoms with Crippen LogP contribution in [0.4, 0.5) is 4.39 Å². The van der Waals surface area contributed by atoms with Gasteiger partial charge in [-0.05, 0) is 48.9 Å². The molecule has 18 heavy (non-hydrogen) atoms. The smallest absolute Gasteiger partial charge is 0.123 e. The van der Waals surface area contributed by atoms with Crippen LogP contribution in [0.15, 0.2) is 24.3 Å². The van der Waals surface area contributed by atoms with Gasteiger partial charge in [-0.2, -0.15) is 0 Å². The summed E-state index contributed by atoms with van der Waals surface area (Å²) in [5.74, 6) is 2.39. The van der Waals surface area contributed by atoms with Gasteiger partial charge in [0.1, 0.15) is 11.6 Å². The van der Waals surface area contributed by atoms with E-state index in [0.29, 0.717) is 0 Å². The first kappa shape index (κ1) is 13.4. The predicted octanol–water partition coefficient (Wildman–Crippen LogP) is 4.81. The second-order valence-corrected chi connectivity index (χ2v) is 5.57. The van der Waals surface area contributed by atoms with Crippen molar-refractivity contribution in [2.45, 2.75) is 45.4 Å². The van der Waals surface area contributed by atoms with Gasteiger partial charge in [-0.25, -0.2) is 4.39 Å². The quantitative estimate of drug-likeness (QED) is 0.681. The Balaban J connectivity index is 1.60. The maximum absolute atomic E-state index is 12.7. The molecular formula is C16H23FO. The molecule has 0 aromatic heterocycles. The molecular weight excluding hydrogens is 227 g/mol. The summed E-state index contributed by atoms with van der Waals surface area (Å²) in [4.78, 5) is 0. The first-order chi connectivity index (χ1) is 8.74. The third kappa shape index (κ3) is 4.32. The zero-order chi connectivity index (χ0) is 12.8. The molecule has 1 saturated carbocycles. The maximum Gasteiger partial charge on any atom is 0.123 e. The molecule has 1 aliphatic rings. The molecule has 0 saturated heterocycles. The molecule has 1 aromatic rings. The van der Waals surface area contributed by atoms with Gasteiger partial charge in [-0.15, -0.1) is 0 Å². The molecule has 0 N–H and O–H groups in total. The zero-order valence-electron chi connectivity index (χ0n) is 11.2. The molecule has 0 radical (unpaired) electrons. The van der Waals surface area contributed by atoms with Gasteiger partial charge >= 0.3 is 0 Å². The van der Waals surface area contributed by atoms with Crippen molar-refractivity contribution in [3.05, 3.63) is 30.1 Å². The van der Waals surface area contributed by atoms with E-state index in [1.54, 1.807) is 12.1 Å². The van der Waals surface area contributed by atoms with Gasteiger partial charge in [0, 0.05) is 0 Å². The van der Waals surface area contributed by atoms with E-state index in [9.17, 15) is 4.39 Å². The van der Waals surface area contributed by atoms with E-state index < -0.39 is 0 Å². The fourth-order valence-electron chi connectivity index (χ4n) is 2.71. The van der Waals surface area contributed by atoms with Crippen LogP contribution in [-0.4, -0.2) is 6.61 Å². The summed E-state index contributed by atoms with van der Waals surface area (Å²) in [6.07, 6.45) is 7.94. The lowest BCUT2D eigenvalue weighted by atomic mass is 9.81. The minimum absolute atomic E-state index is 0.210. The lowest BCUT2D eigenvalue weighted by molar-refractivity contribution is 0.244. The normalized spacial score (nSPS) is 23.9. The van der Waals surface area contributed by atoms with Crippen molar-refractivity contribution in [1.82, 2.24) is 0 Å². The molecule has 100 valence electrons. The minimum atomic E-state index is -0.210. The van der Waals surface area contributed by atoms with Crippen LogP contribution in [0.2, 0.25) is 0 Å². The molecule has 0 bridgehead atoms. The highest BCUT2D eigenvalue weighted by Gasteiger charge is 2.17. The zero-order valence-corrected chi connectivity index (χ0v) is 11.2. The Bertz CT molecular complexity index is 339. The Morgan fingerprint density at radius 3 is 2.44 bits per heavy atom. The van der Waals surface area contributed by atoms with Crippen molar-refractivity contribution in [2.24, 2.45) is 11.8 Å². The Labute approximate surface area is 109 Å². The molecule has 1 nitrogen and oxygen atoms in total. The molecule has 1 aromatic carbocycles. The van der Waals surface area contributed by atoms with Gasteiger partial charge in [-0.3, -0.25) is 0 Å². The molecule has 0 aliphatic heterocycles. The van der Waals surface area contributed by atoms with Crippen LogP contribution < -0.4 is 4.74 Å². The molecule has 0 atom stereocenters. The average molecular weight is 250 g/mol. The fraction of sp³-hybridized carbons (Fsp3) is 0.625. The molecule has 0 amide bonds. The van der Waals surface area contributed by atoms with Crippen LogP contribution in [-0.2, 0) is 0 Å². The van der Waals surface area contributed by atoms with E-state index in [1.165, 1.54) is 44.2 Å². The van der Waals surface area contributed by atoms with Gasteiger partial charge in [0.15, 0.2) is 0 Å². The number of hydrogen-bond donors (Lipinski definition) is 0. The van der Waals surface area contributed by atoms with Crippen molar-refractivity contribution in [2.75, 3.05) is 6.61 Å². The Hall–Kier alpha value is -1.05. The summed E-state index contributed by atoms with van der Waals surface area (Å²) >= 11 is 0. The maximum atomic E-state index is 12.7. The largest absolute Gasteiger partial charge is 0.494 e. The summed E-state index contributed by atoms with van der Waals surface area (Å²) < 4.78 is 18.3. The van der Waals surface area contributed by atoms with Crippen LogP contribution in [0.3, 0.4) is 0 Å². The molecule has 1 fully saturated rings. The minimum Gasteiger partial charge on any atom is -0.494 e. The monoisotopic (exact) mass is 250 g/mol. The van der Waals surface area contributed by atoms with Crippen LogP contribution >= 0.6 is 0 Å². The highest BCUT2D eigenvalue weighted by Crippen LogP contribution is 2.31. The molecule has 0 spiro atoms. The topological polar surface area (TPSA) is 9.23 Å². The van der Waals surface area contributed by atoms with Crippen molar-refractivity contribution in [1.29, 1.82) is 0 Å². The van der Waals surface area contributed by atoms with Crippen molar-refractivity contribution < 1.29 is 9.13 Å². The number of halogens is 1. The van der Waals surface area contributed by atoms with E-state index in [4.69, 9.17) is 4.74 Å². The second kappa shape index (κ2) is 6.77. The van der Waals surface area contributed by atoms with Gasteiger partial charge < -0.3 is 4.74 Å². The summed E-state index contributed by atoms with van der Waals surface area (Å²) in [6.45, 7) is 3.10. The van der Waals surface area contributed by atoms with E-state index in [2.05, 4.69) is 6.92 Å². The average Bonchev–Trinajstić information content (AvgIpc) is 2.39. The summed E-state index contributed by atoms with van der Waals surface area (Å²) in [7, 11) is 0. The van der Waals surface area contributed by atoms with Crippen LogP contribution in [0, 0.1) is 17.7 Å². The number of hydrogen-bond acceptors (Lipinski definition) is 1. The summed E-state index contributed by atoms with van der Waals surface area (Å²) in [5.41, 5.74) is 0. The Morgan fingerprint density at radius 1 is 1.11 bits per heavy atom. The van der Waals surface area contributed by atoms with E-state index in [0.717, 1.165) is 30.6 Å². The second-order valence-electron chi connectivity index (χ2n) is 5.57. The number of rotatable bonds is 5. The first-order valence-corrected chi connectivity index (χ1v) is 7.12. The van der Waals surface area contributed by atoms with Crippen LogP contribution in [0.5, 0.6) is 5.75 Å². The van der Waals surface area contributed by atoms with Crippen LogP contribution in [0.1, 0.15) is 45.4 Å². The third-order valence-electron chi connectivity index (χ3n) is 3.97. The summed E-state index contributed by atoms with van der Waals surface area (Å²) in [6, 6.07) is 6.27. The number of ether oxygens (including phenoxy) is 1. The summed E-state index contributed by atoms with van der Waals surface area (Å²) in [5, 5.41) is 0. The fourth-order valence-corrected chi connectivity index (χ4v) is 2.71. The number of benzene rings is 1. The molecule has 1 aliphatic carbocycles. The van der Waals surface area contributed by atoms with Gasteiger partial charge in [0.2, 0.25) is 0 Å². The highest BCUT2D eigenvalue weighted by molar-refractivity contribution is 5.21. The molecule has 0 heterocycles. The molecule has 2 heteroatoms. The first-order valence-electron chi connectivity index (χ1n) is 7.12.